The lowest BCUT2D eigenvalue weighted by molar-refractivity contribution is 0.309. The summed E-state index contributed by atoms with van der Waals surface area (Å²) in [5.74, 6) is 1.77. The second-order valence-electron chi connectivity index (χ2n) is 5.50. The van der Waals surface area contributed by atoms with Crippen molar-refractivity contribution in [2.45, 2.75) is 46.0 Å². The quantitative estimate of drug-likeness (QED) is 0.644. The second kappa shape index (κ2) is 6.05. The van der Waals surface area contributed by atoms with Crippen LogP contribution in [0.4, 0.5) is 0 Å². The third-order valence-electron chi connectivity index (χ3n) is 4.00. The van der Waals surface area contributed by atoms with Crippen molar-refractivity contribution in [2.75, 3.05) is 0 Å². The molecule has 0 bridgehead atoms. The van der Waals surface area contributed by atoms with Crippen LogP contribution < -0.4 is 0 Å². The lowest BCUT2D eigenvalue weighted by Crippen LogP contribution is -2.15. The fourth-order valence-corrected chi connectivity index (χ4v) is 2.91. The first kappa shape index (κ1) is 12.4. The fraction of sp³-hybridized carbons (Fsp3) is 0.529. The van der Waals surface area contributed by atoms with E-state index in [9.17, 15) is 0 Å². The van der Waals surface area contributed by atoms with Gasteiger partial charge in [0.05, 0.1) is 0 Å². The van der Waals surface area contributed by atoms with Crippen LogP contribution in [0, 0.1) is 18.8 Å². The molecule has 1 aliphatic carbocycles. The Balaban J connectivity index is 1.83. The molecule has 0 atom stereocenters. The van der Waals surface area contributed by atoms with Gasteiger partial charge in [0.15, 0.2) is 0 Å². The number of hydrogen-bond donors (Lipinski definition) is 0. The van der Waals surface area contributed by atoms with Crippen LogP contribution in [0.5, 0.6) is 0 Å². The summed E-state index contributed by atoms with van der Waals surface area (Å²) in [4.78, 5) is 0. The van der Waals surface area contributed by atoms with Gasteiger partial charge >= 0.3 is 0 Å². The summed E-state index contributed by atoms with van der Waals surface area (Å²) < 4.78 is 0. The van der Waals surface area contributed by atoms with Crippen molar-refractivity contribution in [2.24, 2.45) is 11.8 Å². The Labute approximate surface area is 106 Å². The molecule has 0 spiro atoms. The maximum Gasteiger partial charge on any atom is -0.0233 e. The SMILES string of the molecule is C/C=C/C1CCC(Cc2ccc(C)cc2)CC1. The lowest BCUT2D eigenvalue weighted by atomic mass is 9.79. The molecule has 1 aromatic carbocycles. The molecule has 1 fully saturated rings. The average molecular weight is 228 g/mol. The minimum atomic E-state index is 0.856. The highest BCUT2D eigenvalue weighted by Gasteiger charge is 2.19. The van der Waals surface area contributed by atoms with E-state index in [4.69, 9.17) is 0 Å². The van der Waals surface area contributed by atoms with E-state index in [-0.39, 0.29) is 0 Å². The molecule has 0 N–H and O–H groups in total. The van der Waals surface area contributed by atoms with Crippen molar-refractivity contribution in [3.05, 3.63) is 47.5 Å². The zero-order chi connectivity index (χ0) is 12.1. The monoisotopic (exact) mass is 228 g/mol. The maximum absolute atomic E-state index is 2.39. The van der Waals surface area contributed by atoms with Gasteiger partial charge in [0, 0.05) is 0 Å². The molecule has 17 heavy (non-hydrogen) atoms. The van der Waals surface area contributed by atoms with Gasteiger partial charge in [-0.1, -0.05) is 42.0 Å². The Morgan fingerprint density at radius 1 is 1.06 bits per heavy atom. The van der Waals surface area contributed by atoms with Crippen molar-refractivity contribution in [3.8, 4) is 0 Å². The van der Waals surface area contributed by atoms with E-state index in [1.54, 1.807) is 0 Å². The lowest BCUT2D eigenvalue weighted by Gasteiger charge is -2.26. The van der Waals surface area contributed by atoms with Crippen molar-refractivity contribution < 1.29 is 0 Å². The van der Waals surface area contributed by atoms with Crippen LogP contribution in [0.15, 0.2) is 36.4 Å². The minimum absolute atomic E-state index is 0.856. The number of hydrogen-bond acceptors (Lipinski definition) is 0. The van der Waals surface area contributed by atoms with E-state index in [0.29, 0.717) is 0 Å². The molecule has 0 saturated heterocycles. The van der Waals surface area contributed by atoms with Gasteiger partial charge in [-0.3, -0.25) is 0 Å². The van der Waals surface area contributed by atoms with E-state index >= 15 is 0 Å². The summed E-state index contributed by atoms with van der Waals surface area (Å²) in [5, 5.41) is 0. The molecular weight excluding hydrogens is 204 g/mol. The van der Waals surface area contributed by atoms with Crippen molar-refractivity contribution in [1.82, 2.24) is 0 Å². The summed E-state index contributed by atoms with van der Waals surface area (Å²) in [6, 6.07) is 9.07. The molecule has 0 heterocycles. The van der Waals surface area contributed by atoms with Gasteiger partial charge in [-0.15, -0.1) is 0 Å². The Morgan fingerprint density at radius 2 is 1.71 bits per heavy atom. The van der Waals surface area contributed by atoms with Crippen molar-refractivity contribution in [3.63, 3.8) is 0 Å². The molecular formula is C17H24. The van der Waals surface area contributed by atoms with E-state index in [0.717, 1.165) is 11.8 Å². The van der Waals surface area contributed by atoms with Gasteiger partial charge < -0.3 is 0 Å². The van der Waals surface area contributed by atoms with Crippen LogP contribution in [-0.4, -0.2) is 0 Å². The number of rotatable bonds is 3. The maximum atomic E-state index is 2.39. The summed E-state index contributed by atoms with van der Waals surface area (Å²) in [6.07, 6.45) is 11.5. The molecule has 1 saturated carbocycles. The molecule has 0 nitrogen and oxygen atoms in total. The largest absolute Gasteiger partial charge is 0.0914 e. The smallest absolute Gasteiger partial charge is 0.0233 e. The number of aryl methyl sites for hydroxylation is 1. The average Bonchev–Trinajstić information content (AvgIpc) is 2.35. The molecule has 0 amide bonds. The predicted octanol–water partition coefficient (Wildman–Crippen LogP) is 4.92. The summed E-state index contributed by atoms with van der Waals surface area (Å²) in [5.41, 5.74) is 2.88. The topological polar surface area (TPSA) is 0 Å². The van der Waals surface area contributed by atoms with E-state index < -0.39 is 0 Å². The van der Waals surface area contributed by atoms with Gasteiger partial charge in [0.25, 0.3) is 0 Å². The summed E-state index contributed by atoms with van der Waals surface area (Å²) in [7, 11) is 0. The highest BCUT2D eigenvalue weighted by molar-refractivity contribution is 5.21. The molecule has 2 rings (SSSR count). The molecule has 0 aliphatic heterocycles. The van der Waals surface area contributed by atoms with Crippen molar-refractivity contribution in [1.29, 1.82) is 0 Å². The van der Waals surface area contributed by atoms with Gasteiger partial charge in [-0.05, 0) is 63.4 Å². The Hall–Kier alpha value is -1.04. The third kappa shape index (κ3) is 3.73. The highest BCUT2D eigenvalue weighted by atomic mass is 14.2. The molecule has 0 aromatic heterocycles. The first-order chi connectivity index (χ1) is 8.28. The molecule has 92 valence electrons. The standard InChI is InChI=1S/C17H24/c1-3-4-15-9-11-17(12-10-15)13-16-7-5-14(2)6-8-16/h3-8,15,17H,9-13H2,1-2H3/b4-3+. The second-order valence-corrected chi connectivity index (χ2v) is 5.50. The van der Waals surface area contributed by atoms with Crippen LogP contribution in [0.2, 0.25) is 0 Å². The first-order valence-electron chi connectivity index (χ1n) is 6.96. The van der Waals surface area contributed by atoms with Gasteiger partial charge in [0.2, 0.25) is 0 Å². The van der Waals surface area contributed by atoms with Crippen LogP contribution in [0.3, 0.4) is 0 Å². The molecule has 1 aromatic rings. The van der Waals surface area contributed by atoms with E-state index in [2.05, 4.69) is 50.3 Å². The first-order valence-corrected chi connectivity index (χ1v) is 6.96. The van der Waals surface area contributed by atoms with Crippen LogP contribution >= 0.6 is 0 Å². The van der Waals surface area contributed by atoms with Crippen molar-refractivity contribution >= 4 is 0 Å². The van der Waals surface area contributed by atoms with E-state index in [1.165, 1.54) is 43.2 Å². The predicted molar refractivity (Wildman–Crippen MR) is 75.1 cm³/mol. The number of allylic oxidation sites excluding steroid dienone is 2. The van der Waals surface area contributed by atoms with Crippen LogP contribution in [0.25, 0.3) is 0 Å². The van der Waals surface area contributed by atoms with Gasteiger partial charge in [-0.2, -0.15) is 0 Å². The van der Waals surface area contributed by atoms with Gasteiger partial charge in [-0.25, -0.2) is 0 Å². The zero-order valence-electron chi connectivity index (χ0n) is 11.2. The fourth-order valence-electron chi connectivity index (χ4n) is 2.91. The van der Waals surface area contributed by atoms with Crippen LogP contribution in [-0.2, 0) is 6.42 Å². The highest BCUT2D eigenvalue weighted by Crippen LogP contribution is 2.31. The van der Waals surface area contributed by atoms with E-state index in [1.807, 2.05) is 0 Å². The third-order valence-corrected chi connectivity index (χ3v) is 4.00. The molecule has 0 radical (unpaired) electrons. The Kier molecular flexibility index (Phi) is 4.42. The number of benzene rings is 1. The normalized spacial score (nSPS) is 25.3. The molecule has 1 aliphatic rings. The summed E-state index contributed by atoms with van der Waals surface area (Å²) in [6.45, 7) is 4.30. The van der Waals surface area contributed by atoms with Gasteiger partial charge in [0.1, 0.15) is 0 Å². The Bertz CT molecular complexity index is 350. The Morgan fingerprint density at radius 3 is 2.29 bits per heavy atom. The molecule has 0 heteroatoms. The minimum Gasteiger partial charge on any atom is -0.0914 e. The molecule has 0 unspecified atom stereocenters. The van der Waals surface area contributed by atoms with Crippen LogP contribution in [0.1, 0.15) is 43.7 Å². The summed E-state index contributed by atoms with van der Waals surface area (Å²) >= 11 is 0. The zero-order valence-corrected chi connectivity index (χ0v) is 11.2.